The van der Waals surface area contributed by atoms with Crippen molar-refractivity contribution in [3.63, 3.8) is 0 Å². The van der Waals surface area contributed by atoms with Crippen molar-refractivity contribution in [2.24, 2.45) is 5.41 Å². The van der Waals surface area contributed by atoms with Gasteiger partial charge in [0.05, 0.1) is 17.4 Å². The van der Waals surface area contributed by atoms with Crippen molar-refractivity contribution in [1.29, 1.82) is 0 Å². The van der Waals surface area contributed by atoms with Crippen molar-refractivity contribution in [3.8, 4) is 0 Å². The molecule has 1 aromatic heterocycles. The molecular weight excluding hydrogens is 180 g/mol. The van der Waals surface area contributed by atoms with Gasteiger partial charge in [-0.05, 0) is 27.7 Å². The third-order valence-corrected chi connectivity index (χ3v) is 2.49. The molecule has 0 saturated carbocycles. The van der Waals surface area contributed by atoms with Crippen LogP contribution in [-0.4, -0.2) is 20.6 Å². The molecule has 1 heterocycles. The third kappa shape index (κ3) is 1.95. The Bertz CT molecular complexity index is 353. The monoisotopic (exact) mass is 196 g/mol. The molecule has 4 heteroatoms. The number of aliphatic carboxylic acids is 1. The van der Waals surface area contributed by atoms with Crippen LogP contribution < -0.4 is 0 Å². The average molecular weight is 196 g/mol. The van der Waals surface area contributed by atoms with Gasteiger partial charge in [0.15, 0.2) is 0 Å². The number of aromatic nitrogens is 2. The highest BCUT2D eigenvalue weighted by molar-refractivity contribution is 5.73. The minimum absolute atomic E-state index is 0.453. The molecule has 0 bridgehead atoms. The quantitative estimate of drug-likeness (QED) is 0.799. The Labute approximate surface area is 83.6 Å². The Kier molecular flexibility index (Phi) is 2.64. The molecule has 0 aromatic carbocycles. The van der Waals surface area contributed by atoms with Crippen LogP contribution in [0.4, 0.5) is 0 Å². The zero-order chi connectivity index (χ0) is 10.9. The molecule has 1 aromatic rings. The summed E-state index contributed by atoms with van der Waals surface area (Å²) in [4.78, 5) is 15.0. The predicted molar refractivity (Wildman–Crippen MR) is 53.1 cm³/mol. The second-order valence-electron chi connectivity index (χ2n) is 4.23. The van der Waals surface area contributed by atoms with E-state index < -0.39 is 11.4 Å². The minimum Gasteiger partial charge on any atom is -0.481 e. The molecule has 0 unspecified atom stereocenters. The summed E-state index contributed by atoms with van der Waals surface area (Å²) in [6.45, 7) is 7.74. The Balaban J connectivity index is 2.89. The molecule has 0 saturated heterocycles. The van der Waals surface area contributed by atoms with Crippen LogP contribution in [0.2, 0.25) is 0 Å². The van der Waals surface area contributed by atoms with E-state index in [1.54, 1.807) is 20.2 Å². The van der Waals surface area contributed by atoms with Gasteiger partial charge in [-0.2, -0.15) is 0 Å². The number of hydrogen-bond donors (Lipinski definition) is 1. The van der Waals surface area contributed by atoms with Gasteiger partial charge in [-0.3, -0.25) is 4.79 Å². The lowest BCUT2D eigenvalue weighted by atomic mass is 9.94. The van der Waals surface area contributed by atoms with Crippen LogP contribution in [0.15, 0.2) is 6.33 Å². The predicted octanol–water partition coefficient (Wildman–Crippen LogP) is 1.61. The van der Waals surface area contributed by atoms with E-state index in [0.717, 1.165) is 11.4 Å². The van der Waals surface area contributed by atoms with Crippen LogP contribution in [0, 0.1) is 19.3 Å². The van der Waals surface area contributed by atoms with E-state index in [-0.39, 0.29) is 0 Å². The summed E-state index contributed by atoms with van der Waals surface area (Å²) in [7, 11) is 0. The van der Waals surface area contributed by atoms with Crippen LogP contribution >= 0.6 is 0 Å². The number of imidazole rings is 1. The highest BCUT2D eigenvalue weighted by Gasteiger charge is 2.28. The van der Waals surface area contributed by atoms with Gasteiger partial charge in [-0.25, -0.2) is 4.98 Å². The Hall–Kier alpha value is -1.32. The molecule has 0 aliphatic rings. The molecule has 0 fully saturated rings. The number of nitrogens with zero attached hydrogens (tertiary/aromatic N) is 2. The Morgan fingerprint density at radius 1 is 1.57 bits per heavy atom. The molecule has 4 nitrogen and oxygen atoms in total. The Morgan fingerprint density at radius 3 is 2.50 bits per heavy atom. The standard InChI is InChI=1S/C10H16N2O2/c1-7-8(2)12(6-11-7)5-10(3,4)9(13)14/h6H,5H2,1-4H3,(H,13,14). The number of carbonyl (C=O) groups is 1. The maximum absolute atomic E-state index is 10.9. The minimum atomic E-state index is -0.789. The molecule has 0 radical (unpaired) electrons. The van der Waals surface area contributed by atoms with Crippen LogP contribution in [-0.2, 0) is 11.3 Å². The SMILES string of the molecule is Cc1ncn(CC(C)(C)C(=O)O)c1C. The van der Waals surface area contributed by atoms with Crippen molar-refractivity contribution >= 4 is 5.97 Å². The lowest BCUT2D eigenvalue weighted by molar-refractivity contribution is -0.147. The van der Waals surface area contributed by atoms with Gasteiger partial charge in [0, 0.05) is 12.2 Å². The summed E-state index contributed by atoms with van der Waals surface area (Å²) in [6.07, 6.45) is 1.69. The topological polar surface area (TPSA) is 55.1 Å². The fourth-order valence-corrected chi connectivity index (χ4v) is 1.20. The Morgan fingerprint density at radius 2 is 2.14 bits per heavy atom. The summed E-state index contributed by atoms with van der Waals surface area (Å²) in [5.41, 5.74) is 1.23. The number of carboxylic acids is 1. The number of aryl methyl sites for hydroxylation is 1. The molecule has 0 spiro atoms. The smallest absolute Gasteiger partial charge is 0.310 e. The van der Waals surface area contributed by atoms with E-state index in [2.05, 4.69) is 4.98 Å². The van der Waals surface area contributed by atoms with Crippen LogP contribution in [0.25, 0.3) is 0 Å². The second kappa shape index (κ2) is 3.44. The lowest BCUT2D eigenvalue weighted by Gasteiger charge is -2.20. The van der Waals surface area contributed by atoms with Gasteiger partial charge in [0.2, 0.25) is 0 Å². The molecule has 1 N–H and O–H groups in total. The van der Waals surface area contributed by atoms with Gasteiger partial charge in [-0.15, -0.1) is 0 Å². The first-order chi connectivity index (χ1) is 6.34. The highest BCUT2D eigenvalue weighted by Crippen LogP contribution is 2.19. The van der Waals surface area contributed by atoms with Crippen molar-refractivity contribution in [2.45, 2.75) is 34.2 Å². The van der Waals surface area contributed by atoms with E-state index in [0.29, 0.717) is 6.54 Å². The molecule has 0 aliphatic carbocycles. The van der Waals surface area contributed by atoms with E-state index in [9.17, 15) is 4.79 Å². The van der Waals surface area contributed by atoms with Gasteiger partial charge < -0.3 is 9.67 Å². The molecular formula is C10H16N2O2. The molecule has 78 valence electrons. The van der Waals surface area contributed by atoms with E-state index in [1.807, 2.05) is 18.4 Å². The molecule has 0 atom stereocenters. The fraction of sp³-hybridized carbons (Fsp3) is 0.600. The zero-order valence-electron chi connectivity index (χ0n) is 9.03. The van der Waals surface area contributed by atoms with Gasteiger partial charge in [0.25, 0.3) is 0 Å². The number of hydrogen-bond acceptors (Lipinski definition) is 2. The third-order valence-electron chi connectivity index (χ3n) is 2.49. The first-order valence-electron chi connectivity index (χ1n) is 4.56. The average Bonchev–Trinajstić information content (AvgIpc) is 2.35. The summed E-state index contributed by atoms with van der Waals surface area (Å²) in [6, 6.07) is 0. The maximum Gasteiger partial charge on any atom is 0.310 e. The largest absolute Gasteiger partial charge is 0.481 e. The zero-order valence-corrected chi connectivity index (χ0v) is 9.03. The molecule has 0 amide bonds. The van der Waals surface area contributed by atoms with Crippen molar-refractivity contribution in [3.05, 3.63) is 17.7 Å². The van der Waals surface area contributed by atoms with Crippen molar-refractivity contribution in [2.75, 3.05) is 0 Å². The molecule has 14 heavy (non-hydrogen) atoms. The summed E-state index contributed by atoms with van der Waals surface area (Å²) in [5.74, 6) is -0.789. The number of rotatable bonds is 3. The van der Waals surface area contributed by atoms with E-state index in [1.165, 1.54) is 0 Å². The van der Waals surface area contributed by atoms with Crippen LogP contribution in [0.3, 0.4) is 0 Å². The van der Waals surface area contributed by atoms with E-state index >= 15 is 0 Å². The molecule has 1 rings (SSSR count). The van der Waals surface area contributed by atoms with Crippen molar-refractivity contribution in [1.82, 2.24) is 9.55 Å². The maximum atomic E-state index is 10.9. The number of carboxylic acid groups (broad SMARTS) is 1. The van der Waals surface area contributed by atoms with E-state index in [4.69, 9.17) is 5.11 Å². The summed E-state index contributed by atoms with van der Waals surface area (Å²) >= 11 is 0. The summed E-state index contributed by atoms with van der Waals surface area (Å²) < 4.78 is 1.88. The highest BCUT2D eigenvalue weighted by atomic mass is 16.4. The molecule has 0 aliphatic heterocycles. The van der Waals surface area contributed by atoms with Gasteiger partial charge in [-0.1, -0.05) is 0 Å². The van der Waals surface area contributed by atoms with Gasteiger partial charge >= 0.3 is 5.97 Å². The first-order valence-corrected chi connectivity index (χ1v) is 4.56. The van der Waals surface area contributed by atoms with Crippen molar-refractivity contribution < 1.29 is 9.90 Å². The van der Waals surface area contributed by atoms with Gasteiger partial charge in [0.1, 0.15) is 0 Å². The lowest BCUT2D eigenvalue weighted by Crippen LogP contribution is -2.29. The normalized spacial score (nSPS) is 11.7. The van der Waals surface area contributed by atoms with Crippen LogP contribution in [0.1, 0.15) is 25.2 Å². The summed E-state index contributed by atoms with van der Waals surface area (Å²) in [5, 5.41) is 8.97. The first kappa shape index (κ1) is 10.8. The second-order valence-corrected chi connectivity index (χ2v) is 4.23. The van der Waals surface area contributed by atoms with Crippen LogP contribution in [0.5, 0.6) is 0 Å². The fourth-order valence-electron chi connectivity index (χ4n) is 1.20.